The Bertz CT molecular complexity index is 999. The number of nitrogens with zero attached hydrogens (tertiary/aromatic N) is 1. The number of piperidine rings is 1. The van der Waals surface area contributed by atoms with Crippen LogP contribution in [0.1, 0.15) is 42.6 Å². The van der Waals surface area contributed by atoms with Crippen molar-refractivity contribution in [2.75, 3.05) is 45.7 Å². The molecule has 1 fully saturated rings. The van der Waals surface area contributed by atoms with Crippen molar-refractivity contribution < 1.29 is 23.8 Å². The third kappa shape index (κ3) is 6.01. The summed E-state index contributed by atoms with van der Waals surface area (Å²) in [5.41, 5.74) is 0.694. The molecule has 3 rings (SSSR count). The van der Waals surface area contributed by atoms with E-state index in [1.165, 1.54) is 19.2 Å². The minimum Gasteiger partial charge on any atom is -0.493 e. The number of halogens is 2. The molecule has 0 spiro atoms. The average molecular weight is 493 g/mol. The van der Waals surface area contributed by atoms with Crippen LogP contribution in [-0.2, 0) is 11.2 Å². The number of benzene rings is 2. The van der Waals surface area contributed by atoms with Crippen LogP contribution >= 0.6 is 11.6 Å². The molecule has 2 N–H and O–H groups in total. The summed E-state index contributed by atoms with van der Waals surface area (Å²) in [7, 11) is 3.07. The van der Waals surface area contributed by atoms with Gasteiger partial charge >= 0.3 is 5.97 Å². The van der Waals surface area contributed by atoms with E-state index in [0.29, 0.717) is 35.9 Å². The first kappa shape index (κ1) is 26.3. The Labute approximate surface area is 206 Å². The van der Waals surface area contributed by atoms with Gasteiger partial charge in [-0.25, -0.2) is 9.18 Å². The molecule has 1 aliphatic rings. The normalized spacial score (nSPS) is 20.1. The molecule has 0 saturated carbocycles. The van der Waals surface area contributed by atoms with Gasteiger partial charge in [0.15, 0.2) is 0 Å². The van der Waals surface area contributed by atoms with Gasteiger partial charge in [0, 0.05) is 44.6 Å². The van der Waals surface area contributed by atoms with Crippen LogP contribution in [0.4, 0.5) is 10.1 Å². The minimum atomic E-state index is -0.861. The Morgan fingerprint density at radius 2 is 1.97 bits per heavy atom. The second-order valence-electron chi connectivity index (χ2n) is 9.52. The number of hydrogen-bond donors (Lipinski definition) is 2. The van der Waals surface area contributed by atoms with Crippen LogP contribution in [0.25, 0.3) is 0 Å². The van der Waals surface area contributed by atoms with Gasteiger partial charge in [0.05, 0.1) is 30.0 Å². The molecule has 2 aromatic rings. The SMILES string of the molecule is CNc1cc(OCCCN2CCC(O)(Cc3ccc(F)cc3)C(C)(C)C2)c(C(=O)OC)cc1Cl. The number of carbonyl (C=O) groups is 1. The molecule has 0 amide bonds. The summed E-state index contributed by atoms with van der Waals surface area (Å²) in [6.07, 6.45) is 1.88. The van der Waals surface area contributed by atoms with Crippen molar-refractivity contribution in [2.45, 2.75) is 38.7 Å². The Balaban J connectivity index is 1.56. The Kier molecular flexibility index (Phi) is 8.44. The van der Waals surface area contributed by atoms with Gasteiger partial charge in [-0.2, -0.15) is 0 Å². The molecule has 6 nitrogen and oxygen atoms in total. The van der Waals surface area contributed by atoms with Crippen LogP contribution in [0.3, 0.4) is 0 Å². The quantitative estimate of drug-likeness (QED) is 0.387. The summed E-state index contributed by atoms with van der Waals surface area (Å²) in [6, 6.07) is 9.61. The maximum atomic E-state index is 13.2. The minimum absolute atomic E-state index is 0.272. The molecule has 0 bridgehead atoms. The number of rotatable bonds is 9. The van der Waals surface area contributed by atoms with E-state index in [0.717, 1.165) is 31.6 Å². The summed E-state index contributed by atoms with van der Waals surface area (Å²) in [4.78, 5) is 14.4. The van der Waals surface area contributed by atoms with Gasteiger partial charge in [-0.3, -0.25) is 0 Å². The zero-order valence-electron chi connectivity index (χ0n) is 20.3. The van der Waals surface area contributed by atoms with Gasteiger partial charge in [-0.15, -0.1) is 0 Å². The van der Waals surface area contributed by atoms with Gasteiger partial charge in [0.1, 0.15) is 17.1 Å². The zero-order valence-corrected chi connectivity index (χ0v) is 21.0. The molecule has 2 aromatic carbocycles. The summed E-state index contributed by atoms with van der Waals surface area (Å²) >= 11 is 6.20. The number of ether oxygens (including phenoxy) is 2. The van der Waals surface area contributed by atoms with E-state index < -0.39 is 11.6 Å². The van der Waals surface area contributed by atoms with Crippen molar-refractivity contribution >= 4 is 23.3 Å². The van der Waals surface area contributed by atoms with Crippen molar-refractivity contribution in [3.8, 4) is 5.75 Å². The fraction of sp³-hybridized carbons (Fsp3) is 0.500. The summed E-state index contributed by atoms with van der Waals surface area (Å²) in [5.74, 6) is -0.349. The highest BCUT2D eigenvalue weighted by molar-refractivity contribution is 6.33. The maximum absolute atomic E-state index is 13.2. The first-order chi connectivity index (χ1) is 16.1. The van der Waals surface area contributed by atoms with Crippen LogP contribution < -0.4 is 10.1 Å². The third-order valence-electron chi connectivity index (χ3n) is 6.75. The van der Waals surface area contributed by atoms with Crippen molar-refractivity contribution in [3.05, 3.63) is 58.4 Å². The van der Waals surface area contributed by atoms with Crippen molar-refractivity contribution in [1.29, 1.82) is 0 Å². The maximum Gasteiger partial charge on any atom is 0.341 e. The lowest BCUT2D eigenvalue weighted by Gasteiger charge is -2.50. The van der Waals surface area contributed by atoms with E-state index in [-0.39, 0.29) is 16.8 Å². The highest BCUT2D eigenvalue weighted by Gasteiger charge is 2.47. The molecular formula is C26H34ClFN2O4. The Morgan fingerprint density at radius 3 is 2.59 bits per heavy atom. The summed E-state index contributed by atoms with van der Waals surface area (Å²) in [6.45, 7) is 6.88. The number of carbonyl (C=O) groups excluding carboxylic acids is 1. The van der Waals surface area contributed by atoms with E-state index in [2.05, 4.69) is 24.1 Å². The first-order valence-electron chi connectivity index (χ1n) is 11.5. The number of esters is 1. The highest BCUT2D eigenvalue weighted by atomic mass is 35.5. The van der Waals surface area contributed by atoms with Gasteiger partial charge in [0.25, 0.3) is 0 Å². The molecule has 1 heterocycles. The van der Waals surface area contributed by atoms with Crippen LogP contribution in [0.2, 0.25) is 5.02 Å². The fourth-order valence-electron chi connectivity index (χ4n) is 4.53. The second kappa shape index (κ2) is 10.9. The van der Waals surface area contributed by atoms with Crippen LogP contribution in [-0.4, -0.2) is 62.0 Å². The zero-order chi connectivity index (χ0) is 24.9. The lowest BCUT2D eigenvalue weighted by Crippen LogP contribution is -2.58. The number of nitrogens with one attached hydrogen (secondary N) is 1. The van der Waals surface area contributed by atoms with E-state index in [4.69, 9.17) is 21.1 Å². The number of anilines is 1. The van der Waals surface area contributed by atoms with E-state index in [1.807, 2.05) is 0 Å². The molecule has 186 valence electrons. The van der Waals surface area contributed by atoms with Crippen LogP contribution in [0.15, 0.2) is 36.4 Å². The van der Waals surface area contributed by atoms with Gasteiger partial charge in [0.2, 0.25) is 0 Å². The first-order valence-corrected chi connectivity index (χ1v) is 11.9. The predicted molar refractivity (Wildman–Crippen MR) is 132 cm³/mol. The van der Waals surface area contributed by atoms with E-state index >= 15 is 0 Å². The summed E-state index contributed by atoms with van der Waals surface area (Å²) < 4.78 is 24.0. The molecule has 1 atom stereocenters. The molecule has 1 unspecified atom stereocenters. The number of aliphatic hydroxyl groups is 1. The smallest absolute Gasteiger partial charge is 0.341 e. The molecule has 1 aliphatic heterocycles. The molecule has 8 heteroatoms. The fourth-order valence-corrected chi connectivity index (χ4v) is 4.79. The molecule has 0 radical (unpaired) electrons. The topological polar surface area (TPSA) is 71.0 Å². The highest BCUT2D eigenvalue weighted by Crippen LogP contribution is 2.41. The lowest BCUT2D eigenvalue weighted by atomic mass is 9.67. The third-order valence-corrected chi connectivity index (χ3v) is 7.06. The van der Waals surface area contributed by atoms with Crippen LogP contribution in [0, 0.1) is 11.2 Å². The predicted octanol–water partition coefficient (Wildman–Crippen LogP) is 4.78. The average Bonchev–Trinajstić information content (AvgIpc) is 2.80. The van der Waals surface area contributed by atoms with E-state index in [1.54, 1.807) is 31.3 Å². The van der Waals surface area contributed by atoms with Crippen molar-refractivity contribution in [1.82, 2.24) is 4.90 Å². The van der Waals surface area contributed by atoms with E-state index in [9.17, 15) is 14.3 Å². The second-order valence-corrected chi connectivity index (χ2v) is 9.92. The van der Waals surface area contributed by atoms with Gasteiger partial charge in [-0.1, -0.05) is 37.6 Å². The molecule has 34 heavy (non-hydrogen) atoms. The van der Waals surface area contributed by atoms with Crippen molar-refractivity contribution in [2.24, 2.45) is 5.41 Å². The molecule has 0 aromatic heterocycles. The number of likely N-dealkylation sites (tertiary alicyclic amines) is 1. The van der Waals surface area contributed by atoms with Gasteiger partial charge in [-0.05, 0) is 36.6 Å². The standard InChI is InChI=1S/C26H34ClFN2O4/c1-25(2)17-30(12-10-26(25,32)16-18-6-8-19(28)9-7-18)11-5-13-34-23-15-22(29-3)21(27)14-20(23)24(31)33-4/h6-9,14-15,29,32H,5,10-13,16-17H2,1-4H3. The summed E-state index contributed by atoms with van der Waals surface area (Å²) in [5, 5.41) is 14.8. The largest absolute Gasteiger partial charge is 0.493 e. The number of hydrogen-bond acceptors (Lipinski definition) is 6. The van der Waals surface area contributed by atoms with Gasteiger partial charge < -0.3 is 24.8 Å². The monoisotopic (exact) mass is 492 g/mol. The Morgan fingerprint density at radius 1 is 1.26 bits per heavy atom. The molecular weight excluding hydrogens is 459 g/mol. The van der Waals surface area contributed by atoms with Crippen LogP contribution in [0.5, 0.6) is 5.75 Å². The lowest BCUT2D eigenvalue weighted by molar-refractivity contribution is -0.118. The van der Waals surface area contributed by atoms with Crippen molar-refractivity contribution in [3.63, 3.8) is 0 Å². The Hall–Kier alpha value is -2.35. The number of methoxy groups -OCH3 is 1. The molecule has 0 aliphatic carbocycles. The molecule has 1 saturated heterocycles.